The van der Waals surface area contributed by atoms with Crippen LogP contribution in [-0.2, 0) is 22.8 Å². The summed E-state index contributed by atoms with van der Waals surface area (Å²) in [6.07, 6.45) is 0.00421. The summed E-state index contributed by atoms with van der Waals surface area (Å²) in [6, 6.07) is 26.6. The van der Waals surface area contributed by atoms with Gasteiger partial charge < -0.3 is 19.7 Å². The van der Waals surface area contributed by atoms with Gasteiger partial charge >= 0.3 is 0 Å². The van der Waals surface area contributed by atoms with Gasteiger partial charge in [-0.3, -0.25) is 4.79 Å². The number of ether oxygens (including phenoxy) is 1. The Labute approximate surface area is 197 Å². The largest absolute Gasteiger partial charge is 0.487 e. The average molecular weight is 456 g/mol. The maximum absolute atomic E-state index is 11.4. The van der Waals surface area contributed by atoms with Gasteiger partial charge in [-0.1, -0.05) is 65.8 Å². The van der Waals surface area contributed by atoms with Gasteiger partial charge in [0.15, 0.2) is 0 Å². The first kappa shape index (κ1) is 22.8. The van der Waals surface area contributed by atoms with Crippen LogP contribution in [0.25, 0.3) is 11.5 Å². The molecule has 0 aliphatic carbocycles. The molecule has 0 fully saturated rings. The minimum atomic E-state index is -0.467. The van der Waals surface area contributed by atoms with Crippen LogP contribution < -0.4 is 10.5 Å². The van der Waals surface area contributed by atoms with Crippen molar-refractivity contribution in [3.05, 3.63) is 108 Å². The molecule has 3 aromatic carbocycles. The third-order valence-electron chi connectivity index (χ3n) is 5.07. The smallest absolute Gasteiger partial charge is 0.226 e. The highest BCUT2D eigenvalue weighted by molar-refractivity contribution is 6.09. The number of primary amides is 1. The van der Waals surface area contributed by atoms with Crippen LogP contribution in [0.2, 0.25) is 0 Å². The molecule has 2 N–H and O–H groups in total. The number of aryl methyl sites for hydroxylation is 1. The SMILES string of the molecule is Cc1oc(-c2ccccc2)nc1COc1ccc(CO/N=C(\CC(N)=O)c2ccccc2)cc1. The lowest BCUT2D eigenvalue weighted by Gasteiger charge is -2.07. The lowest BCUT2D eigenvalue weighted by Crippen LogP contribution is -2.17. The molecule has 1 aromatic heterocycles. The number of oxazole rings is 1. The van der Waals surface area contributed by atoms with E-state index in [1.807, 2.05) is 91.9 Å². The molecule has 34 heavy (non-hydrogen) atoms. The van der Waals surface area contributed by atoms with Crippen molar-refractivity contribution < 1.29 is 18.8 Å². The number of nitrogens with two attached hydrogens (primary N) is 1. The van der Waals surface area contributed by atoms with E-state index in [-0.39, 0.29) is 13.0 Å². The van der Waals surface area contributed by atoms with Gasteiger partial charge in [0.05, 0.1) is 12.1 Å². The van der Waals surface area contributed by atoms with Crippen LogP contribution in [0, 0.1) is 6.92 Å². The molecule has 0 unspecified atom stereocenters. The summed E-state index contributed by atoms with van der Waals surface area (Å²) in [7, 11) is 0. The standard InChI is InChI=1S/C27H25N3O4/c1-19-25(29-27(34-19)22-10-6-3-7-11-22)18-32-23-14-12-20(13-15-23)17-33-30-24(16-26(28)31)21-8-4-2-5-9-21/h2-15H,16-18H2,1H3,(H2,28,31)/b30-24+. The molecule has 1 amide bonds. The molecule has 172 valence electrons. The van der Waals surface area contributed by atoms with E-state index in [4.69, 9.17) is 19.7 Å². The van der Waals surface area contributed by atoms with Crippen molar-refractivity contribution in [2.24, 2.45) is 10.9 Å². The van der Waals surface area contributed by atoms with Crippen molar-refractivity contribution in [2.45, 2.75) is 26.6 Å². The Hall–Kier alpha value is -4.39. The zero-order chi connectivity index (χ0) is 23.8. The van der Waals surface area contributed by atoms with E-state index in [1.165, 1.54) is 0 Å². The molecule has 1 heterocycles. The van der Waals surface area contributed by atoms with Crippen LogP contribution in [0.15, 0.2) is 94.5 Å². The van der Waals surface area contributed by atoms with Gasteiger partial charge in [0.2, 0.25) is 11.8 Å². The molecular formula is C27H25N3O4. The van der Waals surface area contributed by atoms with Crippen LogP contribution in [0.1, 0.15) is 29.0 Å². The molecular weight excluding hydrogens is 430 g/mol. The van der Waals surface area contributed by atoms with Gasteiger partial charge in [0, 0.05) is 5.56 Å². The molecule has 0 aliphatic heterocycles. The number of rotatable bonds is 10. The highest BCUT2D eigenvalue weighted by atomic mass is 16.6. The Bertz CT molecular complexity index is 1250. The Morgan fingerprint density at radius 1 is 0.941 bits per heavy atom. The number of hydrogen-bond donors (Lipinski definition) is 1. The van der Waals surface area contributed by atoms with Gasteiger partial charge in [-0.2, -0.15) is 0 Å². The second-order valence-corrected chi connectivity index (χ2v) is 7.64. The van der Waals surface area contributed by atoms with E-state index in [9.17, 15) is 4.79 Å². The monoisotopic (exact) mass is 455 g/mol. The third-order valence-corrected chi connectivity index (χ3v) is 5.07. The maximum atomic E-state index is 11.4. The molecule has 0 radical (unpaired) electrons. The van der Waals surface area contributed by atoms with E-state index in [0.29, 0.717) is 24.0 Å². The van der Waals surface area contributed by atoms with Gasteiger partial charge in [-0.15, -0.1) is 0 Å². The number of carbonyl (C=O) groups is 1. The van der Waals surface area contributed by atoms with Crippen molar-refractivity contribution in [3.8, 4) is 17.2 Å². The van der Waals surface area contributed by atoms with E-state index in [0.717, 1.165) is 28.1 Å². The van der Waals surface area contributed by atoms with Crippen LogP contribution in [-0.4, -0.2) is 16.6 Å². The maximum Gasteiger partial charge on any atom is 0.226 e. The second kappa shape index (κ2) is 11.0. The van der Waals surface area contributed by atoms with Gasteiger partial charge in [-0.05, 0) is 42.3 Å². The molecule has 7 heteroatoms. The van der Waals surface area contributed by atoms with Crippen molar-refractivity contribution in [2.75, 3.05) is 0 Å². The topological polar surface area (TPSA) is 99.9 Å². The first-order valence-electron chi connectivity index (χ1n) is 10.8. The fourth-order valence-corrected chi connectivity index (χ4v) is 3.27. The summed E-state index contributed by atoms with van der Waals surface area (Å²) in [4.78, 5) is 21.4. The summed E-state index contributed by atoms with van der Waals surface area (Å²) < 4.78 is 11.7. The van der Waals surface area contributed by atoms with Gasteiger partial charge in [-0.25, -0.2) is 4.98 Å². The predicted molar refractivity (Wildman–Crippen MR) is 129 cm³/mol. The Morgan fingerprint density at radius 2 is 1.62 bits per heavy atom. The summed E-state index contributed by atoms with van der Waals surface area (Å²) in [6.45, 7) is 2.43. The average Bonchev–Trinajstić information content (AvgIpc) is 3.24. The first-order chi connectivity index (χ1) is 16.6. The summed E-state index contributed by atoms with van der Waals surface area (Å²) in [5.41, 5.74) is 9.22. The number of amides is 1. The zero-order valence-electron chi connectivity index (χ0n) is 18.8. The molecule has 0 spiro atoms. The van der Waals surface area contributed by atoms with Crippen molar-refractivity contribution >= 4 is 11.6 Å². The molecule has 0 saturated carbocycles. The van der Waals surface area contributed by atoms with Crippen LogP contribution in [0.3, 0.4) is 0 Å². The van der Waals surface area contributed by atoms with Crippen LogP contribution in [0.4, 0.5) is 0 Å². The lowest BCUT2D eigenvalue weighted by atomic mass is 10.1. The Kier molecular flexibility index (Phi) is 7.35. The van der Waals surface area contributed by atoms with Crippen LogP contribution >= 0.6 is 0 Å². The molecule has 0 saturated heterocycles. The molecule has 7 nitrogen and oxygen atoms in total. The summed E-state index contributed by atoms with van der Waals surface area (Å²) in [5.74, 6) is 1.54. The number of carbonyl (C=O) groups excluding carboxylic acids is 1. The Morgan fingerprint density at radius 3 is 2.29 bits per heavy atom. The summed E-state index contributed by atoms with van der Waals surface area (Å²) >= 11 is 0. The molecule has 4 aromatic rings. The second-order valence-electron chi connectivity index (χ2n) is 7.64. The fraction of sp³-hybridized carbons (Fsp3) is 0.148. The fourth-order valence-electron chi connectivity index (χ4n) is 3.27. The van der Waals surface area contributed by atoms with E-state index >= 15 is 0 Å². The van der Waals surface area contributed by atoms with E-state index in [2.05, 4.69) is 10.1 Å². The minimum absolute atomic E-state index is 0.00421. The Balaban J connectivity index is 1.33. The van der Waals surface area contributed by atoms with Crippen molar-refractivity contribution in [1.82, 2.24) is 4.98 Å². The lowest BCUT2D eigenvalue weighted by molar-refractivity contribution is -0.116. The van der Waals surface area contributed by atoms with E-state index in [1.54, 1.807) is 0 Å². The first-order valence-corrected chi connectivity index (χ1v) is 10.8. The number of nitrogens with zero attached hydrogens (tertiary/aromatic N) is 2. The van der Waals surface area contributed by atoms with Gasteiger partial charge in [0.25, 0.3) is 0 Å². The quantitative estimate of drug-likeness (QED) is 0.267. The number of benzene rings is 3. The van der Waals surface area contributed by atoms with E-state index < -0.39 is 5.91 Å². The molecule has 4 rings (SSSR count). The number of aromatic nitrogens is 1. The molecule has 0 bridgehead atoms. The van der Waals surface area contributed by atoms with Gasteiger partial charge in [0.1, 0.15) is 30.4 Å². The third kappa shape index (κ3) is 6.10. The highest BCUT2D eigenvalue weighted by Gasteiger charge is 2.12. The molecule has 0 aliphatic rings. The normalized spacial score (nSPS) is 11.3. The minimum Gasteiger partial charge on any atom is -0.487 e. The van der Waals surface area contributed by atoms with Crippen LogP contribution in [0.5, 0.6) is 5.75 Å². The van der Waals surface area contributed by atoms with Crippen molar-refractivity contribution in [1.29, 1.82) is 0 Å². The zero-order valence-corrected chi connectivity index (χ0v) is 18.8. The van der Waals surface area contributed by atoms with Crippen molar-refractivity contribution in [3.63, 3.8) is 0 Å². The highest BCUT2D eigenvalue weighted by Crippen LogP contribution is 2.23. The number of oxime groups is 1. The predicted octanol–water partition coefficient (Wildman–Crippen LogP) is 5.03. The summed E-state index contributed by atoms with van der Waals surface area (Å²) in [5, 5.41) is 4.13. The molecule has 0 atom stereocenters. The number of hydrogen-bond acceptors (Lipinski definition) is 6.